The number of benzene rings is 2. The summed E-state index contributed by atoms with van der Waals surface area (Å²) in [4.78, 5) is 13.8. The van der Waals surface area contributed by atoms with Crippen LogP contribution in [0, 0.1) is 5.92 Å². The summed E-state index contributed by atoms with van der Waals surface area (Å²) in [6, 6.07) is 18.4. The normalized spacial score (nSPS) is 15.1. The molecule has 1 amide bonds. The lowest BCUT2D eigenvalue weighted by atomic mass is 9.97. The second-order valence-corrected chi connectivity index (χ2v) is 7.80. The van der Waals surface area contributed by atoms with Crippen molar-refractivity contribution in [3.63, 3.8) is 0 Å². The van der Waals surface area contributed by atoms with E-state index in [0.717, 1.165) is 30.8 Å². The van der Waals surface area contributed by atoms with Crippen molar-refractivity contribution >= 4 is 34.6 Å². The van der Waals surface area contributed by atoms with Crippen molar-refractivity contribution in [3.8, 4) is 0 Å². The van der Waals surface area contributed by atoms with E-state index >= 15 is 0 Å². The summed E-state index contributed by atoms with van der Waals surface area (Å²) < 4.78 is 0. The van der Waals surface area contributed by atoms with Crippen molar-refractivity contribution in [2.45, 2.75) is 39.2 Å². The summed E-state index contributed by atoms with van der Waals surface area (Å²) in [6.45, 7) is 5.21. The lowest BCUT2D eigenvalue weighted by molar-refractivity contribution is -0.117. The molecule has 142 valence electrons. The molecule has 4 nitrogen and oxygen atoms in total. The molecule has 5 heteroatoms. The highest BCUT2D eigenvalue weighted by molar-refractivity contribution is 7.80. The zero-order valence-electron chi connectivity index (χ0n) is 15.9. The summed E-state index contributed by atoms with van der Waals surface area (Å²) in [6.07, 6.45) is 2.55. The highest BCUT2D eigenvalue weighted by atomic mass is 32.1. The first kappa shape index (κ1) is 19.4. The zero-order chi connectivity index (χ0) is 19.2. The highest BCUT2D eigenvalue weighted by Crippen LogP contribution is 2.25. The van der Waals surface area contributed by atoms with Gasteiger partial charge in [-0.3, -0.25) is 4.79 Å². The Kier molecular flexibility index (Phi) is 6.45. The van der Waals surface area contributed by atoms with E-state index in [-0.39, 0.29) is 11.9 Å². The average Bonchev–Trinajstić information content (AvgIpc) is 3.08. The Hall–Kier alpha value is -2.40. The summed E-state index contributed by atoms with van der Waals surface area (Å²) in [7, 11) is 0. The van der Waals surface area contributed by atoms with E-state index in [0.29, 0.717) is 17.5 Å². The zero-order valence-corrected chi connectivity index (χ0v) is 16.8. The van der Waals surface area contributed by atoms with Crippen LogP contribution in [0.1, 0.15) is 44.7 Å². The Balaban J connectivity index is 1.68. The first-order chi connectivity index (χ1) is 13.0. The molecule has 1 unspecified atom stereocenters. The molecular formula is C22H27N3OS. The first-order valence-corrected chi connectivity index (χ1v) is 9.96. The van der Waals surface area contributed by atoms with Gasteiger partial charge in [-0.25, -0.2) is 0 Å². The molecule has 2 aromatic rings. The first-order valence-electron chi connectivity index (χ1n) is 9.56. The molecule has 0 saturated carbocycles. The molecule has 1 aliphatic rings. The molecule has 3 rings (SSSR count). The van der Waals surface area contributed by atoms with Gasteiger partial charge >= 0.3 is 0 Å². The fourth-order valence-corrected chi connectivity index (χ4v) is 3.69. The molecule has 0 radical (unpaired) electrons. The minimum Gasteiger partial charge on any atom is -0.356 e. The van der Waals surface area contributed by atoms with E-state index in [2.05, 4.69) is 48.7 Å². The van der Waals surface area contributed by atoms with Crippen LogP contribution < -0.4 is 15.5 Å². The number of hydrogen-bond acceptors (Lipinski definition) is 2. The van der Waals surface area contributed by atoms with Crippen molar-refractivity contribution in [1.82, 2.24) is 5.32 Å². The fourth-order valence-electron chi connectivity index (χ4n) is 3.43. The standard InChI is InChI=1S/C22H27N3OS/c1-16(2)14-20(17-8-4-3-5-9-17)24-22(27)23-18-10-6-11-19(15-18)25-13-7-12-21(25)26/h3-6,8-11,15-16,20H,7,12-14H2,1-2H3,(H2,23,24,27). The number of hydrogen-bond donors (Lipinski definition) is 2. The van der Waals surface area contributed by atoms with Gasteiger partial charge in [0.05, 0.1) is 6.04 Å². The summed E-state index contributed by atoms with van der Waals surface area (Å²) in [5, 5.41) is 7.32. The number of rotatable bonds is 6. The molecule has 1 atom stereocenters. The average molecular weight is 382 g/mol. The monoisotopic (exact) mass is 381 g/mol. The number of thiocarbonyl (C=S) groups is 1. The van der Waals surface area contributed by atoms with Crippen LogP contribution >= 0.6 is 12.2 Å². The van der Waals surface area contributed by atoms with Crippen LogP contribution in [0.15, 0.2) is 54.6 Å². The Labute approximate surface area is 167 Å². The maximum Gasteiger partial charge on any atom is 0.227 e. The second kappa shape index (κ2) is 9.00. The molecule has 1 aliphatic heterocycles. The Morgan fingerprint density at radius 3 is 2.59 bits per heavy atom. The van der Waals surface area contributed by atoms with Gasteiger partial charge in [0, 0.05) is 24.3 Å². The van der Waals surface area contributed by atoms with Crippen LogP contribution in [0.2, 0.25) is 0 Å². The maximum absolute atomic E-state index is 12.0. The summed E-state index contributed by atoms with van der Waals surface area (Å²) in [5.41, 5.74) is 3.04. The van der Waals surface area contributed by atoms with Crippen molar-refractivity contribution in [3.05, 3.63) is 60.2 Å². The van der Waals surface area contributed by atoms with Crippen LogP contribution in [-0.4, -0.2) is 17.6 Å². The van der Waals surface area contributed by atoms with Crippen LogP contribution in [0.25, 0.3) is 0 Å². The molecule has 2 aromatic carbocycles. The van der Waals surface area contributed by atoms with Crippen LogP contribution in [0.3, 0.4) is 0 Å². The molecule has 0 spiro atoms. The van der Waals surface area contributed by atoms with Gasteiger partial charge in [0.15, 0.2) is 5.11 Å². The fraction of sp³-hybridized carbons (Fsp3) is 0.364. The van der Waals surface area contributed by atoms with Gasteiger partial charge in [-0.15, -0.1) is 0 Å². The lowest BCUT2D eigenvalue weighted by Gasteiger charge is -2.23. The van der Waals surface area contributed by atoms with Crippen molar-refractivity contribution < 1.29 is 4.79 Å². The smallest absolute Gasteiger partial charge is 0.227 e. The van der Waals surface area contributed by atoms with Gasteiger partial charge < -0.3 is 15.5 Å². The van der Waals surface area contributed by atoms with Crippen LogP contribution in [0.5, 0.6) is 0 Å². The van der Waals surface area contributed by atoms with Crippen molar-refractivity contribution in [2.24, 2.45) is 5.92 Å². The Bertz CT molecular complexity index is 791. The predicted octanol–water partition coefficient (Wildman–Crippen LogP) is 4.89. The molecule has 1 heterocycles. The quantitative estimate of drug-likeness (QED) is 0.700. The van der Waals surface area contributed by atoms with Gasteiger partial charge in [0.1, 0.15) is 0 Å². The van der Waals surface area contributed by atoms with Crippen molar-refractivity contribution in [1.29, 1.82) is 0 Å². The minimum absolute atomic E-state index is 0.162. The third-order valence-electron chi connectivity index (χ3n) is 4.70. The SMILES string of the molecule is CC(C)CC(NC(=S)Nc1cccc(N2CCCC2=O)c1)c1ccccc1. The number of carbonyl (C=O) groups is 1. The van der Waals surface area contributed by atoms with E-state index in [1.54, 1.807) is 0 Å². The largest absolute Gasteiger partial charge is 0.356 e. The molecular weight excluding hydrogens is 354 g/mol. The number of nitrogens with zero attached hydrogens (tertiary/aromatic N) is 1. The van der Waals surface area contributed by atoms with Gasteiger partial charge in [-0.05, 0) is 54.7 Å². The van der Waals surface area contributed by atoms with E-state index in [1.807, 2.05) is 35.2 Å². The van der Waals surface area contributed by atoms with Gasteiger partial charge in [0.2, 0.25) is 5.91 Å². The van der Waals surface area contributed by atoms with Gasteiger partial charge in [-0.2, -0.15) is 0 Å². The topological polar surface area (TPSA) is 44.4 Å². The van der Waals surface area contributed by atoms with Crippen molar-refractivity contribution in [2.75, 3.05) is 16.8 Å². The maximum atomic E-state index is 12.0. The molecule has 0 aromatic heterocycles. The molecule has 27 heavy (non-hydrogen) atoms. The van der Waals surface area contributed by atoms with E-state index in [1.165, 1.54) is 5.56 Å². The number of carbonyl (C=O) groups excluding carboxylic acids is 1. The van der Waals surface area contributed by atoms with Gasteiger partial charge in [0.25, 0.3) is 0 Å². The molecule has 1 saturated heterocycles. The van der Waals surface area contributed by atoms with E-state index < -0.39 is 0 Å². The molecule has 2 N–H and O–H groups in total. The third-order valence-corrected chi connectivity index (χ3v) is 4.92. The third kappa shape index (κ3) is 5.30. The van der Waals surface area contributed by atoms with E-state index in [9.17, 15) is 4.79 Å². The molecule has 0 bridgehead atoms. The summed E-state index contributed by atoms with van der Waals surface area (Å²) in [5.74, 6) is 0.740. The molecule has 0 aliphatic carbocycles. The number of nitrogens with one attached hydrogen (secondary N) is 2. The Morgan fingerprint density at radius 1 is 1.15 bits per heavy atom. The van der Waals surface area contributed by atoms with Crippen LogP contribution in [-0.2, 0) is 4.79 Å². The lowest BCUT2D eigenvalue weighted by Crippen LogP contribution is -2.33. The van der Waals surface area contributed by atoms with Gasteiger partial charge in [-0.1, -0.05) is 50.2 Å². The number of amides is 1. The van der Waals surface area contributed by atoms with E-state index in [4.69, 9.17) is 12.2 Å². The van der Waals surface area contributed by atoms with Crippen LogP contribution in [0.4, 0.5) is 11.4 Å². The summed E-state index contributed by atoms with van der Waals surface area (Å²) >= 11 is 5.56. The highest BCUT2D eigenvalue weighted by Gasteiger charge is 2.22. The molecule has 1 fully saturated rings. The number of anilines is 2. The Morgan fingerprint density at radius 2 is 1.93 bits per heavy atom. The second-order valence-electron chi connectivity index (χ2n) is 7.39. The minimum atomic E-state index is 0.162. The predicted molar refractivity (Wildman–Crippen MR) is 116 cm³/mol.